The van der Waals surface area contributed by atoms with E-state index in [0.717, 1.165) is 32.5 Å². The van der Waals surface area contributed by atoms with E-state index in [1.54, 1.807) is 4.90 Å². The number of likely N-dealkylation sites (tertiary alicyclic amines) is 1. The van der Waals surface area contributed by atoms with E-state index in [-0.39, 0.29) is 6.04 Å². The summed E-state index contributed by atoms with van der Waals surface area (Å²) in [7, 11) is 0. The third-order valence-electron chi connectivity index (χ3n) is 6.14. The minimum atomic E-state index is -1.28. The summed E-state index contributed by atoms with van der Waals surface area (Å²) in [5, 5.41) is 12.4. The number of anilines is 1. The molecule has 1 aliphatic heterocycles. The molecule has 1 fully saturated rings. The topological polar surface area (TPSA) is 72.9 Å². The molecule has 2 N–H and O–H groups in total. The second-order valence-corrected chi connectivity index (χ2v) is 8.47. The molecule has 34 heavy (non-hydrogen) atoms. The van der Waals surface area contributed by atoms with Crippen molar-refractivity contribution in [3.05, 3.63) is 102 Å². The minimum absolute atomic E-state index is 0.0721. The number of aliphatic carboxylic acids is 1. The third kappa shape index (κ3) is 5.80. The van der Waals surface area contributed by atoms with Crippen LogP contribution in [0.3, 0.4) is 0 Å². The molecule has 4 rings (SSSR count). The van der Waals surface area contributed by atoms with Crippen LogP contribution in [-0.2, 0) is 11.3 Å². The minimum Gasteiger partial charge on any atom is -0.479 e. The molecule has 1 saturated heterocycles. The summed E-state index contributed by atoms with van der Waals surface area (Å²) in [6.07, 6.45) is 1.53. The zero-order valence-electron chi connectivity index (χ0n) is 18.8. The van der Waals surface area contributed by atoms with Gasteiger partial charge in [-0.1, -0.05) is 60.7 Å². The predicted molar refractivity (Wildman–Crippen MR) is 129 cm³/mol. The molecule has 6 nitrogen and oxygen atoms in total. The van der Waals surface area contributed by atoms with Gasteiger partial charge in [-0.3, -0.25) is 9.80 Å². The van der Waals surface area contributed by atoms with E-state index in [2.05, 4.69) is 22.3 Å². The summed E-state index contributed by atoms with van der Waals surface area (Å²) in [5.41, 5.74) is 2.28. The molecule has 0 radical (unpaired) electrons. The van der Waals surface area contributed by atoms with Gasteiger partial charge in [0, 0.05) is 31.4 Å². The van der Waals surface area contributed by atoms with Gasteiger partial charge in [-0.2, -0.15) is 0 Å². The highest BCUT2D eigenvalue weighted by atomic mass is 19.1. The molecule has 2 amide bonds. The maximum atomic E-state index is 13.4. The molecule has 1 unspecified atom stereocenters. The summed E-state index contributed by atoms with van der Waals surface area (Å²) in [6.45, 7) is 2.52. The Kier molecular flexibility index (Phi) is 7.54. The number of benzene rings is 3. The van der Waals surface area contributed by atoms with Gasteiger partial charge in [0.05, 0.1) is 0 Å². The largest absolute Gasteiger partial charge is 0.479 e. The summed E-state index contributed by atoms with van der Waals surface area (Å²) in [5.74, 6) is -1.67. The number of carboxylic acids is 1. The smallest absolute Gasteiger partial charge is 0.330 e. The van der Waals surface area contributed by atoms with E-state index in [9.17, 15) is 19.1 Å². The lowest BCUT2D eigenvalue weighted by Gasteiger charge is -2.39. The number of urea groups is 1. The zero-order valence-corrected chi connectivity index (χ0v) is 18.8. The summed E-state index contributed by atoms with van der Waals surface area (Å²) < 4.78 is 13.3. The lowest BCUT2D eigenvalue weighted by molar-refractivity contribution is -0.139. The average Bonchev–Trinajstić information content (AvgIpc) is 2.86. The molecule has 1 heterocycles. The number of carbonyl (C=O) groups excluding carboxylic acids is 1. The molecule has 0 aliphatic carbocycles. The lowest BCUT2D eigenvalue weighted by atomic mass is 10.0. The Balaban J connectivity index is 1.49. The van der Waals surface area contributed by atoms with E-state index >= 15 is 0 Å². The van der Waals surface area contributed by atoms with Crippen LogP contribution in [0.25, 0.3) is 0 Å². The van der Waals surface area contributed by atoms with Crippen LogP contribution in [0.15, 0.2) is 84.9 Å². The highest BCUT2D eigenvalue weighted by Crippen LogP contribution is 2.26. The molecule has 1 atom stereocenters. The number of amides is 2. The quantitative estimate of drug-likeness (QED) is 0.529. The van der Waals surface area contributed by atoms with Gasteiger partial charge in [-0.05, 0) is 48.2 Å². The Morgan fingerprint density at radius 2 is 1.53 bits per heavy atom. The summed E-state index contributed by atoms with van der Waals surface area (Å²) in [4.78, 5) is 29.4. The van der Waals surface area contributed by atoms with Crippen molar-refractivity contribution < 1.29 is 19.1 Å². The van der Waals surface area contributed by atoms with Crippen LogP contribution in [0.4, 0.5) is 14.9 Å². The van der Waals surface area contributed by atoms with Crippen LogP contribution in [-0.4, -0.2) is 41.1 Å². The normalized spacial score (nSPS) is 15.4. The maximum absolute atomic E-state index is 13.4. The van der Waals surface area contributed by atoms with Gasteiger partial charge >= 0.3 is 12.0 Å². The number of carbonyl (C=O) groups is 2. The van der Waals surface area contributed by atoms with Crippen molar-refractivity contribution in [1.29, 1.82) is 0 Å². The van der Waals surface area contributed by atoms with Crippen molar-refractivity contribution in [3.63, 3.8) is 0 Å². The first-order valence-corrected chi connectivity index (χ1v) is 11.4. The van der Waals surface area contributed by atoms with E-state index in [1.807, 2.05) is 48.5 Å². The van der Waals surface area contributed by atoms with Gasteiger partial charge in [-0.25, -0.2) is 14.0 Å². The number of rotatable bonds is 7. The van der Waals surface area contributed by atoms with E-state index in [4.69, 9.17) is 0 Å². The Morgan fingerprint density at radius 3 is 2.12 bits per heavy atom. The zero-order chi connectivity index (χ0) is 23.9. The first-order chi connectivity index (χ1) is 16.5. The lowest BCUT2D eigenvalue weighted by Crippen LogP contribution is -2.52. The summed E-state index contributed by atoms with van der Waals surface area (Å²) >= 11 is 0. The van der Waals surface area contributed by atoms with Crippen molar-refractivity contribution in [2.24, 2.45) is 0 Å². The number of hydrogen-bond donors (Lipinski definition) is 2. The van der Waals surface area contributed by atoms with Crippen LogP contribution in [0.2, 0.25) is 0 Å². The first-order valence-electron chi connectivity index (χ1n) is 11.4. The number of hydrogen-bond acceptors (Lipinski definition) is 3. The van der Waals surface area contributed by atoms with Gasteiger partial charge in [0.25, 0.3) is 0 Å². The number of piperidine rings is 1. The highest BCUT2D eigenvalue weighted by Gasteiger charge is 2.32. The average molecular weight is 462 g/mol. The van der Waals surface area contributed by atoms with Crippen molar-refractivity contribution >= 4 is 17.7 Å². The molecule has 3 aromatic carbocycles. The Morgan fingerprint density at radius 1 is 0.941 bits per heavy atom. The Bertz CT molecular complexity index is 1090. The van der Waals surface area contributed by atoms with Gasteiger partial charge in [0.1, 0.15) is 5.82 Å². The van der Waals surface area contributed by atoms with Crippen LogP contribution in [0.1, 0.15) is 30.0 Å². The fraction of sp³-hybridized carbons (Fsp3) is 0.259. The highest BCUT2D eigenvalue weighted by molar-refractivity contribution is 5.95. The third-order valence-corrected chi connectivity index (χ3v) is 6.14. The van der Waals surface area contributed by atoms with Gasteiger partial charge in [0.2, 0.25) is 0 Å². The van der Waals surface area contributed by atoms with E-state index < -0.39 is 23.9 Å². The molecule has 176 valence electrons. The van der Waals surface area contributed by atoms with Crippen LogP contribution in [0.5, 0.6) is 0 Å². The number of carboxylic acid groups (broad SMARTS) is 1. The van der Waals surface area contributed by atoms with Gasteiger partial charge in [0.15, 0.2) is 6.04 Å². The summed E-state index contributed by atoms with van der Waals surface area (Å²) in [6, 6.07) is 22.9. The fourth-order valence-electron chi connectivity index (χ4n) is 4.40. The van der Waals surface area contributed by atoms with Crippen LogP contribution >= 0.6 is 0 Å². The molecule has 1 aliphatic rings. The molecule has 0 saturated carbocycles. The second-order valence-electron chi connectivity index (χ2n) is 8.47. The van der Waals surface area contributed by atoms with Crippen LogP contribution in [0, 0.1) is 5.82 Å². The van der Waals surface area contributed by atoms with Crippen molar-refractivity contribution in [1.82, 2.24) is 10.2 Å². The monoisotopic (exact) mass is 461 g/mol. The molecule has 0 bridgehead atoms. The van der Waals surface area contributed by atoms with Gasteiger partial charge < -0.3 is 10.4 Å². The Hall–Kier alpha value is -3.71. The van der Waals surface area contributed by atoms with E-state index in [0.29, 0.717) is 11.3 Å². The van der Waals surface area contributed by atoms with E-state index in [1.165, 1.54) is 29.8 Å². The van der Waals surface area contributed by atoms with Gasteiger partial charge in [-0.15, -0.1) is 0 Å². The fourth-order valence-corrected chi connectivity index (χ4v) is 4.40. The first kappa shape index (κ1) is 23.4. The van der Waals surface area contributed by atoms with Crippen molar-refractivity contribution in [2.45, 2.75) is 31.5 Å². The molecule has 0 spiro atoms. The molecule has 7 heteroatoms. The Labute approximate surface area is 198 Å². The standard InChI is InChI=1S/C27H28FN3O3/c28-22-13-11-21(12-14-22)25(26(32)33)29-27(34)31(23-9-5-2-6-10-23)24-15-17-30(18-16-24)19-20-7-3-1-4-8-20/h1-14,24-25H,15-19H2,(H,29,34)(H,32,33). The second kappa shape index (κ2) is 10.9. The predicted octanol–water partition coefficient (Wildman–Crippen LogP) is 4.83. The molecule has 0 aromatic heterocycles. The molecular formula is C27H28FN3O3. The maximum Gasteiger partial charge on any atom is 0.330 e. The van der Waals surface area contributed by atoms with Crippen LogP contribution < -0.4 is 10.2 Å². The number of halogens is 1. The van der Waals surface area contributed by atoms with Crippen molar-refractivity contribution in [2.75, 3.05) is 18.0 Å². The number of nitrogens with one attached hydrogen (secondary N) is 1. The number of para-hydroxylation sites is 1. The molecule has 3 aromatic rings. The molecular weight excluding hydrogens is 433 g/mol. The SMILES string of the molecule is O=C(O)C(NC(=O)N(c1ccccc1)C1CCN(Cc2ccccc2)CC1)c1ccc(F)cc1. The number of nitrogens with zero attached hydrogens (tertiary/aromatic N) is 2. The van der Waals surface area contributed by atoms with Crippen molar-refractivity contribution in [3.8, 4) is 0 Å².